The lowest BCUT2D eigenvalue weighted by Crippen LogP contribution is -2.23. The van der Waals surface area contributed by atoms with E-state index < -0.39 is 0 Å². The molecule has 1 unspecified atom stereocenters. The summed E-state index contributed by atoms with van der Waals surface area (Å²) in [6, 6.07) is 12.5. The summed E-state index contributed by atoms with van der Waals surface area (Å²) >= 11 is 5.90. The van der Waals surface area contributed by atoms with Gasteiger partial charge >= 0.3 is 0 Å². The number of benzene rings is 2. The molecule has 0 radical (unpaired) electrons. The standard InChI is InChI=1S/C17H19ClFNO/c1-3-20-17(14-9-6-10-15(18)16(14)19)12-7-5-8-13(11-12)21-4-2/h5-11,17,20H,3-4H2,1-2H3. The topological polar surface area (TPSA) is 21.3 Å². The van der Waals surface area contributed by atoms with Crippen molar-refractivity contribution >= 4 is 11.6 Å². The van der Waals surface area contributed by atoms with E-state index in [-0.39, 0.29) is 16.9 Å². The van der Waals surface area contributed by atoms with Gasteiger partial charge in [0.25, 0.3) is 0 Å². The minimum Gasteiger partial charge on any atom is -0.494 e. The second-order valence-electron chi connectivity index (χ2n) is 4.64. The highest BCUT2D eigenvalue weighted by Crippen LogP contribution is 2.29. The number of ether oxygens (including phenoxy) is 1. The molecule has 0 bridgehead atoms. The third kappa shape index (κ3) is 3.74. The first-order chi connectivity index (χ1) is 10.2. The van der Waals surface area contributed by atoms with E-state index in [1.807, 2.05) is 38.1 Å². The van der Waals surface area contributed by atoms with E-state index >= 15 is 0 Å². The van der Waals surface area contributed by atoms with E-state index in [0.717, 1.165) is 17.9 Å². The van der Waals surface area contributed by atoms with Crippen molar-refractivity contribution in [3.63, 3.8) is 0 Å². The van der Waals surface area contributed by atoms with Crippen molar-refractivity contribution in [3.05, 3.63) is 64.4 Å². The molecule has 0 aliphatic heterocycles. The molecule has 0 aromatic heterocycles. The zero-order chi connectivity index (χ0) is 15.2. The van der Waals surface area contributed by atoms with Crippen LogP contribution in [0.3, 0.4) is 0 Å². The van der Waals surface area contributed by atoms with Crippen LogP contribution >= 0.6 is 11.6 Å². The predicted molar refractivity (Wildman–Crippen MR) is 84.5 cm³/mol. The van der Waals surface area contributed by atoms with Crippen LogP contribution in [-0.4, -0.2) is 13.2 Å². The van der Waals surface area contributed by atoms with Gasteiger partial charge in [0.2, 0.25) is 0 Å². The average molecular weight is 308 g/mol. The normalized spacial score (nSPS) is 12.2. The first-order valence-electron chi connectivity index (χ1n) is 7.07. The summed E-state index contributed by atoms with van der Waals surface area (Å²) in [6.45, 7) is 5.24. The van der Waals surface area contributed by atoms with Gasteiger partial charge in [0.05, 0.1) is 17.7 Å². The van der Waals surface area contributed by atoms with Crippen molar-refractivity contribution in [1.29, 1.82) is 0 Å². The summed E-state index contributed by atoms with van der Waals surface area (Å²) in [7, 11) is 0. The van der Waals surface area contributed by atoms with E-state index in [2.05, 4.69) is 5.32 Å². The van der Waals surface area contributed by atoms with Crippen molar-refractivity contribution in [1.82, 2.24) is 5.32 Å². The molecule has 0 heterocycles. The fraction of sp³-hybridized carbons (Fsp3) is 0.294. The molecule has 4 heteroatoms. The van der Waals surface area contributed by atoms with Crippen molar-refractivity contribution in [2.24, 2.45) is 0 Å². The maximum atomic E-state index is 14.3. The minimum absolute atomic E-state index is 0.136. The quantitative estimate of drug-likeness (QED) is 0.843. The van der Waals surface area contributed by atoms with Crippen LogP contribution in [0.15, 0.2) is 42.5 Å². The lowest BCUT2D eigenvalue weighted by molar-refractivity contribution is 0.339. The second-order valence-corrected chi connectivity index (χ2v) is 5.05. The highest BCUT2D eigenvalue weighted by Gasteiger charge is 2.19. The van der Waals surface area contributed by atoms with E-state index in [1.54, 1.807) is 18.2 Å². The number of rotatable bonds is 6. The molecule has 0 saturated carbocycles. The van der Waals surface area contributed by atoms with Gasteiger partial charge in [0, 0.05) is 5.56 Å². The number of hydrogen-bond acceptors (Lipinski definition) is 2. The lowest BCUT2D eigenvalue weighted by atomic mass is 9.98. The van der Waals surface area contributed by atoms with Crippen LogP contribution in [0.5, 0.6) is 5.75 Å². The molecule has 0 spiro atoms. The van der Waals surface area contributed by atoms with Gasteiger partial charge in [-0.1, -0.05) is 42.8 Å². The molecule has 2 rings (SSSR count). The van der Waals surface area contributed by atoms with Gasteiger partial charge in [0.15, 0.2) is 0 Å². The molecule has 1 N–H and O–H groups in total. The van der Waals surface area contributed by atoms with Crippen molar-refractivity contribution in [2.75, 3.05) is 13.2 Å². The zero-order valence-electron chi connectivity index (χ0n) is 12.2. The second kappa shape index (κ2) is 7.43. The summed E-state index contributed by atoms with van der Waals surface area (Å²) in [5, 5.41) is 3.43. The molecular formula is C17H19ClFNO. The molecule has 1 atom stereocenters. The molecule has 0 fully saturated rings. The van der Waals surface area contributed by atoms with Gasteiger partial charge in [-0.15, -0.1) is 0 Å². The summed E-state index contributed by atoms with van der Waals surface area (Å²) in [6.07, 6.45) is 0. The largest absolute Gasteiger partial charge is 0.494 e. The van der Waals surface area contributed by atoms with Crippen molar-refractivity contribution in [2.45, 2.75) is 19.9 Å². The number of halogens is 2. The highest BCUT2D eigenvalue weighted by molar-refractivity contribution is 6.30. The summed E-state index contributed by atoms with van der Waals surface area (Å²) in [5.41, 5.74) is 1.49. The molecule has 21 heavy (non-hydrogen) atoms. The van der Waals surface area contributed by atoms with Crippen LogP contribution in [0.1, 0.15) is 31.0 Å². The first kappa shape index (κ1) is 15.8. The predicted octanol–water partition coefficient (Wildman–Crippen LogP) is 4.58. The van der Waals surface area contributed by atoms with E-state index in [9.17, 15) is 4.39 Å². The Morgan fingerprint density at radius 1 is 1.19 bits per heavy atom. The van der Waals surface area contributed by atoms with Crippen LogP contribution in [0.25, 0.3) is 0 Å². The molecule has 2 aromatic rings. The van der Waals surface area contributed by atoms with Gasteiger partial charge in [-0.05, 0) is 37.2 Å². The van der Waals surface area contributed by atoms with Crippen LogP contribution < -0.4 is 10.1 Å². The average Bonchev–Trinajstić information content (AvgIpc) is 2.49. The monoisotopic (exact) mass is 307 g/mol. The van der Waals surface area contributed by atoms with Crippen LogP contribution in [0.2, 0.25) is 5.02 Å². The Kier molecular flexibility index (Phi) is 5.59. The number of nitrogens with one attached hydrogen (secondary N) is 1. The Balaban J connectivity index is 2.43. The van der Waals surface area contributed by atoms with Crippen LogP contribution in [0, 0.1) is 5.82 Å². The zero-order valence-corrected chi connectivity index (χ0v) is 13.0. The number of hydrogen-bond donors (Lipinski definition) is 1. The molecule has 2 aromatic carbocycles. The summed E-state index contributed by atoms with van der Waals surface area (Å²) < 4.78 is 19.8. The molecule has 0 aliphatic rings. The Hall–Kier alpha value is -1.58. The van der Waals surface area contributed by atoms with Crippen molar-refractivity contribution < 1.29 is 9.13 Å². The molecule has 0 aliphatic carbocycles. The Bertz CT molecular complexity index is 603. The van der Waals surface area contributed by atoms with Crippen LogP contribution in [-0.2, 0) is 0 Å². The van der Waals surface area contributed by atoms with Crippen LogP contribution in [0.4, 0.5) is 4.39 Å². The van der Waals surface area contributed by atoms with Gasteiger partial charge in [-0.2, -0.15) is 0 Å². The Labute approximate surface area is 129 Å². The van der Waals surface area contributed by atoms with Gasteiger partial charge in [-0.3, -0.25) is 0 Å². The Morgan fingerprint density at radius 3 is 2.67 bits per heavy atom. The van der Waals surface area contributed by atoms with E-state index in [4.69, 9.17) is 16.3 Å². The molecule has 0 amide bonds. The highest BCUT2D eigenvalue weighted by atomic mass is 35.5. The molecular weight excluding hydrogens is 289 g/mol. The van der Waals surface area contributed by atoms with E-state index in [0.29, 0.717) is 12.2 Å². The van der Waals surface area contributed by atoms with Gasteiger partial charge in [-0.25, -0.2) is 4.39 Å². The fourth-order valence-corrected chi connectivity index (χ4v) is 2.49. The van der Waals surface area contributed by atoms with Gasteiger partial charge < -0.3 is 10.1 Å². The summed E-state index contributed by atoms with van der Waals surface area (Å²) in [5.74, 6) is 0.396. The maximum absolute atomic E-state index is 14.3. The lowest BCUT2D eigenvalue weighted by Gasteiger charge is -2.20. The SMILES string of the molecule is CCNC(c1cccc(OCC)c1)c1cccc(Cl)c1F. The molecule has 112 valence electrons. The minimum atomic E-state index is -0.382. The smallest absolute Gasteiger partial charge is 0.146 e. The molecule has 0 saturated heterocycles. The van der Waals surface area contributed by atoms with Crippen molar-refractivity contribution in [3.8, 4) is 5.75 Å². The third-order valence-corrected chi connectivity index (χ3v) is 3.50. The first-order valence-corrected chi connectivity index (χ1v) is 7.45. The summed E-state index contributed by atoms with van der Waals surface area (Å²) in [4.78, 5) is 0. The third-order valence-electron chi connectivity index (χ3n) is 3.20. The molecule has 2 nitrogen and oxygen atoms in total. The maximum Gasteiger partial charge on any atom is 0.146 e. The Morgan fingerprint density at radius 2 is 1.95 bits per heavy atom. The fourth-order valence-electron chi connectivity index (χ4n) is 2.31. The van der Waals surface area contributed by atoms with Gasteiger partial charge in [0.1, 0.15) is 11.6 Å². The van der Waals surface area contributed by atoms with E-state index in [1.165, 1.54) is 0 Å².